The lowest BCUT2D eigenvalue weighted by Gasteiger charge is -2.36. The minimum atomic E-state index is -0.460. The predicted octanol–water partition coefficient (Wildman–Crippen LogP) is 4.93. The van der Waals surface area contributed by atoms with Crippen LogP contribution < -0.4 is 4.90 Å². The van der Waals surface area contributed by atoms with Gasteiger partial charge in [0.25, 0.3) is 0 Å². The SMILES string of the molecule is CC(C)c1cccc(-c2ccc(N3CCN(C(=O)OC(C)(C)C)CC3)nc2)c1. The number of rotatable bonds is 3. The lowest BCUT2D eigenvalue weighted by molar-refractivity contribution is 0.0240. The molecule has 0 spiro atoms. The van der Waals surface area contributed by atoms with E-state index in [0.29, 0.717) is 19.0 Å². The minimum Gasteiger partial charge on any atom is -0.444 e. The topological polar surface area (TPSA) is 45.7 Å². The molecule has 1 fully saturated rings. The van der Waals surface area contributed by atoms with E-state index in [1.54, 1.807) is 4.90 Å². The molecule has 0 atom stereocenters. The van der Waals surface area contributed by atoms with Crippen LogP contribution in [0, 0.1) is 0 Å². The highest BCUT2D eigenvalue weighted by molar-refractivity contribution is 5.69. The highest BCUT2D eigenvalue weighted by Crippen LogP contribution is 2.25. The van der Waals surface area contributed by atoms with Gasteiger partial charge in [0.1, 0.15) is 11.4 Å². The number of pyridine rings is 1. The Kier molecular flexibility index (Phi) is 5.92. The second kappa shape index (κ2) is 8.21. The summed E-state index contributed by atoms with van der Waals surface area (Å²) in [6, 6.07) is 12.8. The van der Waals surface area contributed by atoms with Crippen molar-refractivity contribution >= 4 is 11.9 Å². The fourth-order valence-corrected chi connectivity index (χ4v) is 3.27. The van der Waals surface area contributed by atoms with Gasteiger partial charge in [-0.05, 0) is 49.9 Å². The van der Waals surface area contributed by atoms with Crippen LogP contribution in [-0.4, -0.2) is 47.8 Å². The van der Waals surface area contributed by atoms with Gasteiger partial charge in [-0.25, -0.2) is 9.78 Å². The number of hydrogen-bond donors (Lipinski definition) is 0. The number of nitrogens with zero attached hydrogens (tertiary/aromatic N) is 3. The zero-order chi connectivity index (χ0) is 20.3. The first-order chi connectivity index (χ1) is 13.2. The van der Waals surface area contributed by atoms with E-state index in [-0.39, 0.29) is 6.09 Å². The number of carbonyl (C=O) groups is 1. The van der Waals surface area contributed by atoms with Crippen molar-refractivity contribution in [3.8, 4) is 11.1 Å². The number of piperazine rings is 1. The van der Waals surface area contributed by atoms with Crippen LogP contribution in [0.4, 0.5) is 10.6 Å². The van der Waals surface area contributed by atoms with Gasteiger partial charge in [0.2, 0.25) is 0 Å². The van der Waals surface area contributed by atoms with Crippen molar-refractivity contribution in [2.45, 2.75) is 46.1 Å². The van der Waals surface area contributed by atoms with Crippen LogP contribution in [0.15, 0.2) is 42.6 Å². The Morgan fingerprint density at radius 2 is 1.75 bits per heavy atom. The van der Waals surface area contributed by atoms with Crippen molar-refractivity contribution in [2.24, 2.45) is 0 Å². The third-order valence-corrected chi connectivity index (χ3v) is 4.89. The summed E-state index contributed by atoms with van der Waals surface area (Å²) in [5.74, 6) is 1.46. The third-order valence-electron chi connectivity index (χ3n) is 4.89. The molecule has 1 aromatic carbocycles. The molecule has 5 heteroatoms. The van der Waals surface area contributed by atoms with Gasteiger partial charge >= 0.3 is 6.09 Å². The van der Waals surface area contributed by atoms with Crippen molar-refractivity contribution in [2.75, 3.05) is 31.1 Å². The van der Waals surface area contributed by atoms with Gasteiger partial charge < -0.3 is 14.5 Å². The quantitative estimate of drug-likeness (QED) is 0.756. The number of aromatic nitrogens is 1. The molecule has 0 saturated carbocycles. The Balaban J connectivity index is 1.62. The molecular weight excluding hydrogens is 350 g/mol. The minimum absolute atomic E-state index is 0.236. The summed E-state index contributed by atoms with van der Waals surface area (Å²) < 4.78 is 5.46. The molecule has 1 saturated heterocycles. The number of carbonyl (C=O) groups excluding carboxylic acids is 1. The number of anilines is 1. The normalized spacial score (nSPS) is 15.1. The Labute approximate surface area is 168 Å². The number of amides is 1. The van der Waals surface area contributed by atoms with Crippen LogP contribution in [0.25, 0.3) is 11.1 Å². The van der Waals surface area contributed by atoms with Gasteiger partial charge in [-0.1, -0.05) is 38.1 Å². The first-order valence-electron chi connectivity index (χ1n) is 10.0. The Hall–Kier alpha value is -2.56. The Morgan fingerprint density at radius 1 is 1.04 bits per heavy atom. The van der Waals surface area contributed by atoms with E-state index < -0.39 is 5.60 Å². The van der Waals surface area contributed by atoms with Crippen molar-refractivity contribution in [3.63, 3.8) is 0 Å². The van der Waals surface area contributed by atoms with Crippen LogP contribution in [0.1, 0.15) is 46.1 Å². The largest absolute Gasteiger partial charge is 0.444 e. The van der Waals surface area contributed by atoms with Crippen molar-refractivity contribution in [3.05, 3.63) is 48.2 Å². The lowest BCUT2D eigenvalue weighted by Crippen LogP contribution is -2.50. The van der Waals surface area contributed by atoms with Crippen LogP contribution in [0.2, 0.25) is 0 Å². The summed E-state index contributed by atoms with van der Waals surface area (Å²) in [6.45, 7) is 12.9. The second-order valence-corrected chi connectivity index (χ2v) is 8.64. The zero-order valence-corrected chi connectivity index (χ0v) is 17.6. The number of hydrogen-bond acceptors (Lipinski definition) is 4. The fourth-order valence-electron chi connectivity index (χ4n) is 3.27. The van der Waals surface area contributed by atoms with Crippen LogP contribution in [0.3, 0.4) is 0 Å². The molecule has 2 aromatic rings. The summed E-state index contributed by atoms with van der Waals surface area (Å²) in [5.41, 5.74) is 3.19. The van der Waals surface area contributed by atoms with Crippen molar-refractivity contribution in [1.82, 2.24) is 9.88 Å². The first kappa shape index (κ1) is 20.2. The molecule has 0 radical (unpaired) electrons. The average molecular weight is 382 g/mol. The summed E-state index contributed by atoms with van der Waals surface area (Å²) in [7, 11) is 0. The van der Waals surface area contributed by atoms with Crippen molar-refractivity contribution < 1.29 is 9.53 Å². The standard InChI is InChI=1S/C23H31N3O2/c1-17(2)18-7-6-8-19(15-18)20-9-10-21(24-16-20)25-11-13-26(14-12-25)22(27)28-23(3,4)5/h6-10,15-17H,11-14H2,1-5H3. The molecule has 3 rings (SSSR count). The van der Waals surface area contributed by atoms with E-state index in [1.165, 1.54) is 11.1 Å². The van der Waals surface area contributed by atoms with E-state index in [1.807, 2.05) is 27.0 Å². The van der Waals surface area contributed by atoms with E-state index in [2.05, 4.69) is 60.1 Å². The Bertz CT molecular complexity index is 801. The summed E-state index contributed by atoms with van der Waals surface area (Å²) >= 11 is 0. The highest BCUT2D eigenvalue weighted by Gasteiger charge is 2.26. The van der Waals surface area contributed by atoms with Gasteiger partial charge in [-0.2, -0.15) is 0 Å². The van der Waals surface area contributed by atoms with E-state index in [0.717, 1.165) is 24.5 Å². The summed E-state index contributed by atoms with van der Waals surface area (Å²) in [4.78, 5) is 20.9. The van der Waals surface area contributed by atoms with E-state index in [9.17, 15) is 4.79 Å². The summed E-state index contributed by atoms with van der Waals surface area (Å²) in [6.07, 6.45) is 1.70. The van der Waals surface area contributed by atoms with Gasteiger partial charge in [0.05, 0.1) is 0 Å². The van der Waals surface area contributed by atoms with Crippen molar-refractivity contribution in [1.29, 1.82) is 0 Å². The molecule has 0 unspecified atom stereocenters. The molecule has 1 aliphatic rings. The molecular formula is C23H31N3O2. The Morgan fingerprint density at radius 3 is 2.32 bits per heavy atom. The summed E-state index contributed by atoms with van der Waals surface area (Å²) in [5, 5.41) is 0. The van der Waals surface area contributed by atoms with Crippen LogP contribution >= 0.6 is 0 Å². The molecule has 150 valence electrons. The molecule has 0 N–H and O–H groups in total. The molecule has 2 heterocycles. The maximum absolute atomic E-state index is 12.2. The van der Waals surface area contributed by atoms with Crippen LogP contribution in [0.5, 0.6) is 0 Å². The highest BCUT2D eigenvalue weighted by atomic mass is 16.6. The fraction of sp³-hybridized carbons (Fsp3) is 0.478. The number of ether oxygens (including phenoxy) is 1. The molecule has 28 heavy (non-hydrogen) atoms. The van der Waals surface area contributed by atoms with E-state index >= 15 is 0 Å². The monoisotopic (exact) mass is 381 g/mol. The van der Waals surface area contributed by atoms with Gasteiger partial charge in [0, 0.05) is 37.9 Å². The smallest absolute Gasteiger partial charge is 0.410 e. The molecule has 0 aliphatic carbocycles. The number of benzene rings is 1. The molecule has 1 aliphatic heterocycles. The van der Waals surface area contributed by atoms with Crippen LogP contribution in [-0.2, 0) is 4.74 Å². The molecule has 1 amide bonds. The second-order valence-electron chi connectivity index (χ2n) is 8.64. The average Bonchev–Trinajstić information content (AvgIpc) is 2.67. The lowest BCUT2D eigenvalue weighted by atomic mass is 9.98. The van der Waals surface area contributed by atoms with Gasteiger partial charge in [-0.3, -0.25) is 0 Å². The van der Waals surface area contributed by atoms with Gasteiger partial charge in [-0.15, -0.1) is 0 Å². The van der Waals surface area contributed by atoms with E-state index in [4.69, 9.17) is 4.74 Å². The third kappa shape index (κ3) is 5.03. The first-order valence-corrected chi connectivity index (χ1v) is 10.0. The zero-order valence-electron chi connectivity index (χ0n) is 17.6. The maximum Gasteiger partial charge on any atom is 0.410 e. The molecule has 0 bridgehead atoms. The molecule has 1 aromatic heterocycles. The maximum atomic E-state index is 12.2. The van der Waals surface area contributed by atoms with Gasteiger partial charge in [0.15, 0.2) is 0 Å². The molecule has 5 nitrogen and oxygen atoms in total. The predicted molar refractivity (Wildman–Crippen MR) is 114 cm³/mol.